The summed E-state index contributed by atoms with van der Waals surface area (Å²) in [6, 6.07) is 13.3. The molecule has 1 aromatic heterocycles. The molecule has 1 heterocycles. The highest BCUT2D eigenvalue weighted by atomic mass is 16.3. The maximum atomic E-state index is 5.43. The Morgan fingerprint density at radius 1 is 1.28 bits per heavy atom. The van der Waals surface area contributed by atoms with E-state index < -0.39 is 0 Å². The highest BCUT2D eigenvalue weighted by Gasteiger charge is 2.44. The van der Waals surface area contributed by atoms with Gasteiger partial charge >= 0.3 is 0 Å². The van der Waals surface area contributed by atoms with Crippen LogP contribution in [0.25, 0.3) is 0 Å². The van der Waals surface area contributed by atoms with Crippen LogP contribution in [0.3, 0.4) is 0 Å². The maximum Gasteiger partial charge on any atom is 0.101 e. The third kappa shape index (κ3) is 2.08. The quantitative estimate of drug-likeness (QED) is 0.883. The van der Waals surface area contributed by atoms with Crippen LogP contribution in [-0.4, -0.2) is 7.05 Å². The summed E-state index contributed by atoms with van der Waals surface area (Å²) in [6.07, 6.45) is 3.15. The average Bonchev–Trinajstić information content (AvgIpc) is 3.07. The third-order valence-electron chi connectivity index (χ3n) is 3.92. The van der Waals surface area contributed by atoms with Crippen molar-refractivity contribution in [3.05, 3.63) is 59.5 Å². The Morgan fingerprint density at radius 2 is 2.06 bits per heavy atom. The second-order valence-electron chi connectivity index (χ2n) is 5.17. The summed E-state index contributed by atoms with van der Waals surface area (Å²) in [5.74, 6) is 2.37. The van der Waals surface area contributed by atoms with Gasteiger partial charge in [0, 0.05) is 11.6 Å². The van der Waals surface area contributed by atoms with Crippen molar-refractivity contribution in [3.8, 4) is 0 Å². The zero-order valence-corrected chi connectivity index (χ0v) is 10.9. The van der Waals surface area contributed by atoms with Gasteiger partial charge in [-0.15, -0.1) is 0 Å². The van der Waals surface area contributed by atoms with E-state index in [4.69, 9.17) is 4.42 Å². The summed E-state index contributed by atoms with van der Waals surface area (Å²) in [5, 5.41) is 3.43. The Hall–Kier alpha value is -1.54. The third-order valence-corrected chi connectivity index (χ3v) is 3.92. The Labute approximate surface area is 108 Å². The molecule has 0 aliphatic heterocycles. The number of hydrogen-bond donors (Lipinski definition) is 1. The smallest absolute Gasteiger partial charge is 0.101 e. The summed E-state index contributed by atoms with van der Waals surface area (Å²) < 4.78 is 5.43. The molecule has 1 aliphatic rings. The number of rotatable bonds is 4. The lowest BCUT2D eigenvalue weighted by Gasteiger charge is -2.14. The standard InChI is InChI=1S/C16H19NO/c1-11-8-13(10-18-11)16(17-2)15-9-14(15)12-6-4-3-5-7-12/h3-8,10,14-17H,9H2,1-2H3. The minimum Gasteiger partial charge on any atom is -0.469 e. The molecule has 0 radical (unpaired) electrons. The van der Waals surface area contributed by atoms with Gasteiger partial charge in [-0.05, 0) is 43.9 Å². The average molecular weight is 241 g/mol. The van der Waals surface area contributed by atoms with Gasteiger partial charge in [-0.25, -0.2) is 0 Å². The van der Waals surface area contributed by atoms with Crippen molar-refractivity contribution in [2.24, 2.45) is 5.92 Å². The molecule has 1 fully saturated rings. The largest absolute Gasteiger partial charge is 0.469 e. The van der Waals surface area contributed by atoms with E-state index >= 15 is 0 Å². The molecule has 1 saturated carbocycles. The predicted octanol–water partition coefficient (Wildman–Crippen LogP) is 3.65. The van der Waals surface area contributed by atoms with Crippen molar-refractivity contribution in [2.75, 3.05) is 7.05 Å². The molecule has 3 rings (SSSR count). The van der Waals surface area contributed by atoms with Crippen LogP contribution in [0.4, 0.5) is 0 Å². The van der Waals surface area contributed by atoms with Crippen LogP contribution in [0.5, 0.6) is 0 Å². The first-order valence-corrected chi connectivity index (χ1v) is 6.57. The van der Waals surface area contributed by atoms with E-state index in [1.54, 1.807) is 0 Å². The van der Waals surface area contributed by atoms with E-state index in [0.29, 0.717) is 17.9 Å². The van der Waals surface area contributed by atoms with Gasteiger partial charge in [0.15, 0.2) is 0 Å². The molecule has 0 saturated heterocycles. The van der Waals surface area contributed by atoms with Crippen molar-refractivity contribution >= 4 is 0 Å². The van der Waals surface area contributed by atoms with Gasteiger partial charge in [0.05, 0.1) is 6.26 Å². The van der Waals surface area contributed by atoms with E-state index in [1.165, 1.54) is 17.5 Å². The molecule has 2 nitrogen and oxygen atoms in total. The van der Waals surface area contributed by atoms with E-state index in [2.05, 4.69) is 41.7 Å². The van der Waals surface area contributed by atoms with Crippen LogP contribution in [0.1, 0.15) is 35.3 Å². The van der Waals surface area contributed by atoms with Gasteiger partial charge in [0.2, 0.25) is 0 Å². The minimum atomic E-state index is 0.410. The van der Waals surface area contributed by atoms with Crippen LogP contribution in [0.15, 0.2) is 47.1 Å². The van der Waals surface area contributed by atoms with Crippen molar-refractivity contribution in [1.29, 1.82) is 0 Å². The van der Waals surface area contributed by atoms with Crippen molar-refractivity contribution in [3.63, 3.8) is 0 Å². The highest BCUT2D eigenvalue weighted by molar-refractivity contribution is 5.29. The predicted molar refractivity (Wildman–Crippen MR) is 72.5 cm³/mol. The van der Waals surface area contributed by atoms with Crippen molar-refractivity contribution in [1.82, 2.24) is 5.32 Å². The van der Waals surface area contributed by atoms with Gasteiger partial charge in [-0.3, -0.25) is 0 Å². The lowest BCUT2D eigenvalue weighted by atomic mass is 10.0. The summed E-state index contributed by atoms with van der Waals surface area (Å²) in [4.78, 5) is 0. The number of hydrogen-bond acceptors (Lipinski definition) is 2. The van der Waals surface area contributed by atoms with Crippen LogP contribution in [0.2, 0.25) is 0 Å². The molecule has 0 bridgehead atoms. The van der Waals surface area contributed by atoms with E-state index in [9.17, 15) is 0 Å². The Morgan fingerprint density at radius 3 is 2.67 bits per heavy atom. The van der Waals surface area contributed by atoms with E-state index in [-0.39, 0.29) is 0 Å². The molecular formula is C16H19NO. The summed E-state index contributed by atoms with van der Waals surface area (Å²) in [7, 11) is 2.04. The number of benzene rings is 1. The lowest BCUT2D eigenvalue weighted by Crippen LogP contribution is -2.18. The molecule has 0 spiro atoms. The van der Waals surface area contributed by atoms with E-state index in [1.807, 2.05) is 20.2 Å². The Balaban J connectivity index is 1.76. The summed E-state index contributed by atoms with van der Waals surface area (Å²) >= 11 is 0. The van der Waals surface area contributed by atoms with Crippen LogP contribution < -0.4 is 5.32 Å². The monoisotopic (exact) mass is 241 g/mol. The first kappa shape index (κ1) is 11.5. The first-order valence-electron chi connectivity index (χ1n) is 6.57. The fraction of sp³-hybridized carbons (Fsp3) is 0.375. The second kappa shape index (κ2) is 4.62. The number of aryl methyl sites for hydroxylation is 1. The number of nitrogens with one attached hydrogen (secondary N) is 1. The Kier molecular flexibility index (Phi) is 2.96. The molecule has 18 heavy (non-hydrogen) atoms. The lowest BCUT2D eigenvalue weighted by molar-refractivity contribution is 0.495. The first-order chi connectivity index (χ1) is 8.79. The zero-order chi connectivity index (χ0) is 12.5. The second-order valence-corrected chi connectivity index (χ2v) is 5.17. The topological polar surface area (TPSA) is 25.2 Å². The maximum absolute atomic E-state index is 5.43. The fourth-order valence-electron chi connectivity index (χ4n) is 2.92. The minimum absolute atomic E-state index is 0.410. The van der Waals surface area contributed by atoms with Gasteiger partial charge in [0.25, 0.3) is 0 Å². The van der Waals surface area contributed by atoms with Gasteiger partial charge in [-0.1, -0.05) is 30.3 Å². The van der Waals surface area contributed by atoms with Crippen molar-refractivity contribution in [2.45, 2.75) is 25.3 Å². The molecular weight excluding hydrogens is 222 g/mol. The van der Waals surface area contributed by atoms with Crippen LogP contribution >= 0.6 is 0 Å². The molecule has 94 valence electrons. The SMILES string of the molecule is CNC(c1coc(C)c1)C1CC1c1ccccc1. The van der Waals surface area contributed by atoms with Gasteiger partial charge < -0.3 is 9.73 Å². The normalized spacial score (nSPS) is 23.9. The van der Waals surface area contributed by atoms with Gasteiger partial charge in [-0.2, -0.15) is 0 Å². The molecule has 1 aromatic carbocycles. The fourth-order valence-corrected chi connectivity index (χ4v) is 2.92. The molecule has 2 aromatic rings. The molecule has 3 unspecified atom stereocenters. The highest BCUT2D eigenvalue weighted by Crippen LogP contribution is 2.54. The number of furan rings is 1. The molecule has 1 N–H and O–H groups in total. The molecule has 0 amide bonds. The summed E-state index contributed by atoms with van der Waals surface area (Å²) in [5.41, 5.74) is 2.74. The molecule has 2 heteroatoms. The molecule has 3 atom stereocenters. The zero-order valence-electron chi connectivity index (χ0n) is 10.9. The van der Waals surface area contributed by atoms with Gasteiger partial charge in [0.1, 0.15) is 5.76 Å². The van der Waals surface area contributed by atoms with Crippen molar-refractivity contribution < 1.29 is 4.42 Å². The summed E-state index contributed by atoms with van der Waals surface area (Å²) in [6.45, 7) is 2.00. The molecule has 1 aliphatic carbocycles. The Bertz CT molecular complexity index is 517. The van der Waals surface area contributed by atoms with Crippen LogP contribution in [-0.2, 0) is 0 Å². The van der Waals surface area contributed by atoms with E-state index in [0.717, 1.165) is 5.76 Å². The van der Waals surface area contributed by atoms with Crippen LogP contribution in [0, 0.1) is 12.8 Å².